The lowest BCUT2D eigenvalue weighted by Gasteiger charge is -2.10. The number of aromatic carboxylic acids is 1. The first-order valence-corrected chi connectivity index (χ1v) is 6.54. The Morgan fingerprint density at radius 3 is 2.48 bits per heavy atom. The van der Waals surface area contributed by atoms with Gasteiger partial charge in [0.25, 0.3) is 5.91 Å². The van der Waals surface area contributed by atoms with Crippen molar-refractivity contribution in [2.24, 2.45) is 0 Å². The highest BCUT2D eigenvalue weighted by molar-refractivity contribution is 6.44. The summed E-state index contributed by atoms with van der Waals surface area (Å²) in [6, 6.07) is 8.71. The molecular formula is C14H10Cl2N2O3. The monoisotopic (exact) mass is 324 g/mol. The van der Waals surface area contributed by atoms with E-state index < -0.39 is 11.9 Å². The van der Waals surface area contributed by atoms with Crippen molar-refractivity contribution in [2.45, 2.75) is 0 Å². The van der Waals surface area contributed by atoms with Gasteiger partial charge in [0.2, 0.25) is 0 Å². The molecule has 21 heavy (non-hydrogen) atoms. The fraction of sp³-hybridized carbons (Fsp3) is 0. The Bertz CT molecular complexity index is 732. The van der Waals surface area contributed by atoms with Crippen LogP contribution in [0.3, 0.4) is 0 Å². The minimum absolute atomic E-state index is 0.0734. The molecule has 0 radical (unpaired) electrons. The minimum atomic E-state index is -1.18. The predicted molar refractivity (Wildman–Crippen MR) is 82.2 cm³/mol. The number of hydrogen-bond acceptors (Lipinski definition) is 3. The van der Waals surface area contributed by atoms with Gasteiger partial charge >= 0.3 is 5.97 Å². The van der Waals surface area contributed by atoms with Gasteiger partial charge in [-0.05, 0) is 30.3 Å². The highest BCUT2D eigenvalue weighted by Crippen LogP contribution is 2.27. The molecule has 0 heterocycles. The van der Waals surface area contributed by atoms with Crippen LogP contribution in [0.1, 0.15) is 20.7 Å². The van der Waals surface area contributed by atoms with Crippen molar-refractivity contribution in [3.05, 3.63) is 57.6 Å². The van der Waals surface area contributed by atoms with Crippen molar-refractivity contribution in [3.8, 4) is 0 Å². The van der Waals surface area contributed by atoms with Gasteiger partial charge in [-0.25, -0.2) is 4.79 Å². The number of halogens is 2. The quantitative estimate of drug-likeness (QED) is 0.753. The van der Waals surface area contributed by atoms with Crippen LogP contribution in [0.15, 0.2) is 36.4 Å². The van der Waals surface area contributed by atoms with E-state index in [4.69, 9.17) is 34.0 Å². The molecule has 0 aliphatic heterocycles. The Morgan fingerprint density at radius 2 is 1.81 bits per heavy atom. The Balaban J connectivity index is 2.38. The Hall–Kier alpha value is -2.24. The normalized spacial score (nSPS) is 10.2. The summed E-state index contributed by atoms with van der Waals surface area (Å²) in [5.74, 6) is -1.75. The van der Waals surface area contributed by atoms with E-state index in [1.165, 1.54) is 24.3 Å². The Morgan fingerprint density at radius 1 is 1.10 bits per heavy atom. The van der Waals surface area contributed by atoms with E-state index in [1.807, 2.05) is 0 Å². The molecule has 4 N–H and O–H groups in total. The highest BCUT2D eigenvalue weighted by Gasteiger charge is 2.16. The maximum absolute atomic E-state index is 12.2. The third-order valence-electron chi connectivity index (χ3n) is 2.72. The minimum Gasteiger partial charge on any atom is -0.478 e. The van der Waals surface area contributed by atoms with Gasteiger partial charge in [-0.15, -0.1) is 0 Å². The predicted octanol–water partition coefficient (Wildman–Crippen LogP) is 3.53. The van der Waals surface area contributed by atoms with Gasteiger partial charge in [0, 0.05) is 5.69 Å². The molecule has 0 fully saturated rings. The molecule has 0 atom stereocenters. The molecule has 5 nitrogen and oxygen atoms in total. The van der Waals surface area contributed by atoms with Crippen molar-refractivity contribution in [3.63, 3.8) is 0 Å². The molecule has 0 spiro atoms. The van der Waals surface area contributed by atoms with Gasteiger partial charge in [0.1, 0.15) is 0 Å². The van der Waals surface area contributed by atoms with E-state index in [2.05, 4.69) is 5.32 Å². The lowest BCUT2D eigenvalue weighted by molar-refractivity contribution is 0.0698. The van der Waals surface area contributed by atoms with Crippen molar-refractivity contribution in [1.82, 2.24) is 0 Å². The van der Waals surface area contributed by atoms with E-state index in [9.17, 15) is 9.59 Å². The van der Waals surface area contributed by atoms with Crippen molar-refractivity contribution >= 4 is 46.5 Å². The van der Waals surface area contributed by atoms with Crippen LogP contribution in [0.5, 0.6) is 0 Å². The van der Waals surface area contributed by atoms with E-state index >= 15 is 0 Å². The van der Waals surface area contributed by atoms with E-state index in [0.717, 1.165) is 0 Å². The summed E-state index contributed by atoms with van der Waals surface area (Å²) < 4.78 is 0. The lowest BCUT2D eigenvalue weighted by atomic mass is 10.1. The van der Waals surface area contributed by atoms with Crippen LogP contribution in [-0.2, 0) is 0 Å². The molecule has 2 aromatic rings. The SMILES string of the molecule is Nc1ccc(C(=O)O)c(NC(=O)c2cccc(Cl)c2Cl)c1. The number of carboxylic acid groups (broad SMARTS) is 1. The molecule has 108 valence electrons. The summed E-state index contributed by atoms with van der Waals surface area (Å²) in [5, 5.41) is 11.9. The number of hydrogen-bond donors (Lipinski definition) is 3. The van der Waals surface area contributed by atoms with Crippen LogP contribution in [0.25, 0.3) is 0 Å². The molecule has 0 aliphatic rings. The van der Waals surface area contributed by atoms with Crippen molar-refractivity contribution in [1.29, 1.82) is 0 Å². The van der Waals surface area contributed by atoms with Crippen LogP contribution in [-0.4, -0.2) is 17.0 Å². The zero-order valence-electron chi connectivity index (χ0n) is 10.6. The smallest absolute Gasteiger partial charge is 0.337 e. The molecule has 0 bridgehead atoms. The van der Waals surface area contributed by atoms with E-state index in [-0.39, 0.29) is 26.9 Å². The second kappa shape index (κ2) is 6.03. The lowest BCUT2D eigenvalue weighted by Crippen LogP contribution is -2.15. The maximum atomic E-state index is 12.2. The third-order valence-corrected chi connectivity index (χ3v) is 3.54. The number of carbonyl (C=O) groups excluding carboxylic acids is 1. The second-order valence-electron chi connectivity index (χ2n) is 4.17. The number of benzene rings is 2. The van der Waals surface area contributed by atoms with Crippen LogP contribution < -0.4 is 11.1 Å². The molecule has 0 aromatic heterocycles. The zero-order chi connectivity index (χ0) is 15.6. The average molecular weight is 325 g/mol. The van der Waals surface area contributed by atoms with Crippen LogP contribution >= 0.6 is 23.2 Å². The second-order valence-corrected chi connectivity index (χ2v) is 4.95. The number of nitrogen functional groups attached to an aromatic ring is 1. The average Bonchev–Trinajstić information content (AvgIpc) is 2.41. The van der Waals surface area contributed by atoms with Gasteiger partial charge < -0.3 is 16.2 Å². The summed E-state index contributed by atoms with van der Waals surface area (Å²) >= 11 is 11.8. The Labute approximate surface area is 130 Å². The zero-order valence-corrected chi connectivity index (χ0v) is 12.1. The summed E-state index contributed by atoms with van der Waals surface area (Å²) in [6.07, 6.45) is 0. The fourth-order valence-corrected chi connectivity index (χ4v) is 2.11. The maximum Gasteiger partial charge on any atom is 0.337 e. The van der Waals surface area contributed by atoms with Crippen molar-refractivity contribution < 1.29 is 14.7 Å². The van der Waals surface area contributed by atoms with Gasteiger partial charge in [-0.3, -0.25) is 4.79 Å². The molecule has 2 aromatic carbocycles. The van der Waals surface area contributed by atoms with E-state index in [1.54, 1.807) is 12.1 Å². The first-order valence-electron chi connectivity index (χ1n) is 5.78. The largest absolute Gasteiger partial charge is 0.478 e. The number of amides is 1. The molecule has 0 aliphatic carbocycles. The number of anilines is 2. The summed E-state index contributed by atoms with van der Waals surface area (Å²) in [6.45, 7) is 0. The molecule has 0 unspecified atom stereocenters. The fourth-order valence-electron chi connectivity index (χ4n) is 1.72. The van der Waals surface area contributed by atoms with Gasteiger partial charge in [0.05, 0.1) is 26.9 Å². The first kappa shape index (κ1) is 15.2. The summed E-state index contributed by atoms with van der Waals surface area (Å²) in [5.41, 5.74) is 6.09. The highest BCUT2D eigenvalue weighted by atomic mass is 35.5. The number of carbonyl (C=O) groups is 2. The topological polar surface area (TPSA) is 92.4 Å². The summed E-state index contributed by atoms with van der Waals surface area (Å²) in [7, 11) is 0. The third kappa shape index (κ3) is 3.26. The van der Waals surface area contributed by atoms with Crippen LogP contribution in [0.2, 0.25) is 10.0 Å². The van der Waals surface area contributed by atoms with Gasteiger partial charge in [0.15, 0.2) is 0 Å². The van der Waals surface area contributed by atoms with Gasteiger partial charge in [-0.2, -0.15) is 0 Å². The number of nitrogens with one attached hydrogen (secondary N) is 1. The Kier molecular flexibility index (Phi) is 4.35. The number of carboxylic acids is 1. The molecule has 0 saturated heterocycles. The van der Waals surface area contributed by atoms with Crippen LogP contribution in [0, 0.1) is 0 Å². The first-order chi connectivity index (χ1) is 9.90. The number of nitrogens with two attached hydrogens (primary N) is 1. The van der Waals surface area contributed by atoms with Gasteiger partial charge in [-0.1, -0.05) is 29.3 Å². The molecular weight excluding hydrogens is 315 g/mol. The standard InChI is InChI=1S/C14H10Cl2N2O3/c15-10-3-1-2-9(12(10)16)13(19)18-11-6-7(17)4-5-8(11)14(20)21/h1-6H,17H2,(H,18,19)(H,20,21). The van der Waals surface area contributed by atoms with E-state index in [0.29, 0.717) is 5.69 Å². The molecule has 2 rings (SSSR count). The van der Waals surface area contributed by atoms with Crippen molar-refractivity contribution in [2.75, 3.05) is 11.1 Å². The summed E-state index contributed by atoms with van der Waals surface area (Å²) in [4.78, 5) is 23.3. The molecule has 0 saturated carbocycles. The molecule has 7 heteroatoms. The number of rotatable bonds is 3. The molecule has 1 amide bonds. The van der Waals surface area contributed by atoms with Crippen LogP contribution in [0.4, 0.5) is 11.4 Å².